The van der Waals surface area contributed by atoms with Crippen LogP contribution in [0.5, 0.6) is 11.5 Å². The highest BCUT2D eigenvalue weighted by molar-refractivity contribution is 5.56. The van der Waals surface area contributed by atoms with Crippen LogP contribution in [0.2, 0.25) is 0 Å². The third-order valence-electron chi connectivity index (χ3n) is 2.19. The first-order chi connectivity index (χ1) is 7.08. The number of hydrogen-bond donors (Lipinski definition) is 1. The molecule has 0 saturated carbocycles. The number of methoxy groups -OCH3 is 1. The Labute approximate surface area is 89.0 Å². The Balaban J connectivity index is 2.97. The summed E-state index contributed by atoms with van der Waals surface area (Å²) in [7, 11) is 1.40. The highest BCUT2D eigenvalue weighted by Crippen LogP contribution is 2.30. The fourth-order valence-electron chi connectivity index (χ4n) is 1.11. The molecule has 4 heteroatoms. The average Bonchev–Trinajstić information content (AvgIpc) is 2.21. The summed E-state index contributed by atoms with van der Waals surface area (Å²) < 4.78 is 23.6. The van der Waals surface area contributed by atoms with Gasteiger partial charge in [-0.05, 0) is 13.3 Å². The van der Waals surface area contributed by atoms with Gasteiger partial charge >= 0.3 is 0 Å². The summed E-state index contributed by atoms with van der Waals surface area (Å²) in [6, 6.07) is 2.67. The molecule has 2 N–H and O–H groups in total. The monoisotopic (exact) mass is 213 g/mol. The molecule has 1 unspecified atom stereocenters. The highest BCUT2D eigenvalue weighted by Gasteiger charge is 2.11. The van der Waals surface area contributed by atoms with Crippen LogP contribution in [0.3, 0.4) is 0 Å². The van der Waals surface area contributed by atoms with E-state index in [0.29, 0.717) is 5.75 Å². The summed E-state index contributed by atoms with van der Waals surface area (Å²) in [5.74, 6) is 0.122. The van der Waals surface area contributed by atoms with E-state index in [1.54, 1.807) is 0 Å². The lowest BCUT2D eigenvalue weighted by atomic mass is 10.2. The number of anilines is 1. The Morgan fingerprint density at radius 2 is 2.07 bits per heavy atom. The van der Waals surface area contributed by atoms with Crippen LogP contribution in [-0.4, -0.2) is 13.2 Å². The Hall–Kier alpha value is -1.45. The van der Waals surface area contributed by atoms with E-state index in [2.05, 4.69) is 0 Å². The first kappa shape index (κ1) is 11.6. The van der Waals surface area contributed by atoms with E-state index in [4.69, 9.17) is 15.2 Å². The second-order valence-electron chi connectivity index (χ2n) is 3.36. The molecule has 0 aliphatic heterocycles. The molecule has 1 aromatic carbocycles. The Morgan fingerprint density at radius 3 is 2.60 bits per heavy atom. The molecule has 0 aliphatic rings. The summed E-state index contributed by atoms with van der Waals surface area (Å²) in [5, 5.41) is 0. The van der Waals surface area contributed by atoms with Gasteiger partial charge < -0.3 is 15.2 Å². The standard InChI is InChI=1S/C11H16FNO2/c1-4-7(2)15-11-6-10(14-3)8(12)5-9(11)13/h5-7H,4,13H2,1-3H3. The lowest BCUT2D eigenvalue weighted by Gasteiger charge is -2.15. The molecule has 15 heavy (non-hydrogen) atoms. The van der Waals surface area contributed by atoms with E-state index in [1.807, 2.05) is 13.8 Å². The fourth-order valence-corrected chi connectivity index (χ4v) is 1.11. The number of benzene rings is 1. The van der Waals surface area contributed by atoms with Crippen molar-refractivity contribution in [3.05, 3.63) is 17.9 Å². The molecule has 0 bridgehead atoms. The molecule has 3 nitrogen and oxygen atoms in total. The van der Waals surface area contributed by atoms with Crippen LogP contribution >= 0.6 is 0 Å². The molecular formula is C11H16FNO2. The van der Waals surface area contributed by atoms with Gasteiger partial charge in [-0.2, -0.15) is 0 Å². The van der Waals surface area contributed by atoms with Crippen LogP contribution in [0.25, 0.3) is 0 Å². The van der Waals surface area contributed by atoms with Crippen molar-refractivity contribution < 1.29 is 13.9 Å². The molecule has 0 saturated heterocycles. The van der Waals surface area contributed by atoms with Crippen LogP contribution in [0.1, 0.15) is 20.3 Å². The molecule has 0 fully saturated rings. The van der Waals surface area contributed by atoms with Crippen molar-refractivity contribution in [2.24, 2.45) is 0 Å². The molecule has 0 amide bonds. The van der Waals surface area contributed by atoms with Crippen molar-refractivity contribution in [3.8, 4) is 11.5 Å². The maximum atomic E-state index is 13.2. The molecule has 84 valence electrons. The number of rotatable bonds is 4. The smallest absolute Gasteiger partial charge is 0.167 e. The fraction of sp³-hybridized carbons (Fsp3) is 0.455. The second-order valence-corrected chi connectivity index (χ2v) is 3.36. The largest absolute Gasteiger partial charge is 0.494 e. The minimum absolute atomic E-state index is 0.0440. The van der Waals surface area contributed by atoms with Crippen molar-refractivity contribution in [1.82, 2.24) is 0 Å². The van der Waals surface area contributed by atoms with Gasteiger partial charge in [0.1, 0.15) is 5.75 Å². The Kier molecular flexibility index (Phi) is 3.77. The highest BCUT2D eigenvalue weighted by atomic mass is 19.1. The quantitative estimate of drug-likeness (QED) is 0.782. The third kappa shape index (κ3) is 2.75. The summed E-state index contributed by atoms with van der Waals surface area (Å²) in [4.78, 5) is 0. The summed E-state index contributed by atoms with van der Waals surface area (Å²) in [5.41, 5.74) is 5.91. The van der Waals surface area contributed by atoms with Gasteiger partial charge in [0.25, 0.3) is 0 Å². The average molecular weight is 213 g/mol. The maximum absolute atomic E-state index is 13.2. The molecule has 0 aliphatic carbocycles. The minimum Gasteiger partial charge on any atom is -0.494 e. The molecule has 1 atom stereocenters. The number of nitrogens with two attached hydrogens (primary N) is 1. The van der Waals surface area contributed by atoms with E-state index < -0.39 is 5.82 Å². The molecule has 0 spiro atoms. The zero-order valence-corrected chi connectivity index (χ0v) is 9.21. The van der Waals surface area contributed by atoms with Crippen LogP contribution in [0, 0.1) is 5.82 Å². The normalized spacial score (nSPS) is 12.3. The molecule has 1 aromatic rings. The van der Waals surface area contributed by atoms with Crippen LogP contribution < -0.4 is 15.2 Å². The van der Waals surface area contributed by atoms with Gasteiger partial charge in [0, 0.05) is 12.1 Å². The van der Waals surface area contributed by atoms with Gasteiger partial charge in [-0.3, -0.25) is 0 Å². The second kappa shape index (κ2) is 4.87. The van der Waals surface area contributed by atoms with Crippen molar-refractivity contribution in [2.75, 3.05) is 12.8 Å². The lowest BCUT2D eigenvalue weighted by molar-refractivity contribution is 0.217. The number of ether oxygens (including phenoxy) is 2. The number of hydrogen-bond acceptors (Lipinski definition) is 3. The topological polar surface area (TPSA) is 44.5 Å². The lowest BCUT2D eigenvalue weighted by Crippen LogP contribution is -2.11. The first-order valence-electron chi connectivity index (χ1n) is 4.88. The molecule has 0 aromatic heterocycles. The summed E-state index contributed by atoms with van der Waals surface area (Å²) in [6.07, 6.45) is 0.904. The summed E-state index contributed by atoms with van der Waals surface area (Å²) >= 11 is 0. The van der Waals surface area contributed by atoms with Crippen LogP contribution in [0.4, 0.5) is 10.1 Å². The van der Waals surface area contributed by atoms with Crippen LogP contribution in [0.15, 0.2) is 12.1 Å². The summed E-state index contributed by atoms with van der Waals surface area (Å²) in [6.45, 7) is 3.93. The Bertz CT molecular complexity index is 342. The van der Waals surface area contributed by atoms with Crippen LogP contribution in [-0.2, 0) is 0 Å². The third-order valence-corrected chi connectivity index (χ3v) is 2.19. The number of halogens is 1. The van der Waals surface area contributed by atoms with Gasteiger partial charge in [0.05, 0.1) is 18.9 Å². The first-order valence-corrected chi connectivity index (χ1v) is 4.88. The Morgan fingerprint density at radius 1 is 1.40 bits per heavy atom. The van der Waals surface area contributed by atoms with Gasteiger partial charge in [0.15, 0.2) is 11.6 Å². The molecular weight excluding hydrogens is 197 g/mol. The van der Waals surface area contributed by atoms with Crippen molar-refractivity contribution in [3.63, 3.8) is 0 Å². The van der Waals surface area contributed by atoms with E-state index in [9.17, 15) is 4.39 Å². The zero-order chi connectivity index (χ0) is 11.4. The van der Waals surface area contributed by atoms with E-state index in [1.165, 1.54) is 19.2 Å². The van der Waals surface area contributed by atoms with Crippen molar-refractivity contribution in [1.29, 1.82) is 0 Å². The van der Waals surface area contributed by atoms with Gasteiger partial charge in [-0.25, -0.2) is 4.39 Å². The van der Waals surface area contributed by atoms with Crippen molar-refractivity contribution >= 4 is 5.69 Å². The van der Waals surface area contributed by atoms with Gasteiger partial charge in [-0.1, -0.05) is 6.92 Å². The predicted octanol–water partition coefficient (Wildman–Crippen LogP) is 2.59. The zero-order valence-electron chi connectivity index (χ0n) is 9.21. The molecule has 1 rings (SSSR count). The van der Waals surface area contributed by atoms with E-state index >= 15 is 0 Å². The number of nitrogen functional groups attached to an aromatic ring is 1. The van der Waals surface area contributed by atoms with E-state index in [-0.39, 0.29) is 17.5 Å². The van der Waals surface area contributed by atoms with E-state index in [0.717, 1.165) is 6.42 Å². The molecule has 0 heterocycles. The van der Waals surface area contributed by atoms with Gasteiger partial charge in [0.2, 0.25) is 0 Å². The predicted molar refractivity (Wildman–Crippen MR) is 57.7 cm³/mol. The van der Waals surface area contributed by atoms with Crippen molar-refractivity contribution in [2.45, 2.75) is 26.4 Å². The van der Waals surface area contributed by atoms with Gasteiger partial charge in [-0.15, -0.1) is 0 Å². The maximum Gasteiger partial charge on any atom is 0.167 e. The minimum atomic E-state index is -0.480. The molecule has 0 radical (unpaired) electrons. The SMILES string of the molecule is CCC(C)Oc1cc(OC)c(F)cc1N.